The third-order valence-corrected chi connectivity index (χ3v) is 4.52. The summed E-state index contributed by atoms with van der Waals surface area (Å²) in [7, 11) is 0. The van der Waals surface area contributed by atoms with Gasteiger partial charge < -0.3 is 9.13 Å². The molecule has 0 unspecified atom stereocenters. The highest BCUT2D eigenvalue weighted by Gasteiger charge is 2.08. The van der Waals surface area contributed by atoms with Crippen molar-refractivity contribution >= 4 is 31.9 Å². The Kier molecular flexibility index (Phi) is 4.03. The molecule has 0 aliphatic carbocycles. The summed E-state index contributed by atoms with van der Waals surface area (Å²) in [6, 6.07) is 4.30. The molecule has 6 heteroatoms. The molecule has 0 N–H and O–H groups in total. The second-order valence-electron chi connectivity index (χ2n) is 4.51. The van der Waals surface area contributed by atoms with E-state index in [1.165, 1.54) is 11.1 Å². The number of aromatic nitrogens is 4. The molecule has 3 aromatic rings. The highest BCUT2D eigenvalue weighted by Crippen LogP contribution is 2.27. The highest BCUT2D eigenvalue weighted by molar-refractivity contribution is 9.11. The van der Waals surface area contributed by atoms with Gasteiger partial charge in [-0.15, -0.1) is 0 Å². The summed E-state index contributed by atoms with van der Waals surface area (Å²) in [6.07, 6.45) is 11.1. The van der Waals surface area contributed by atoms with E-state index in [4.69, 9.17) is 0 Å². The summed E-state index contributed by atoms with van der Waals surface area (Å²) in [5.41, 5.74) is 2.42. The predicted octanol–water partition coefficient (Wildman–Crippen LogP) is 3.70. The molecule has 2 heterocycles. The molecule has 1 aromatic carbocycles. The lowest BCUT2D eigenvalue weighted by Gasteiger charge is -2.11. The average Bonchev–Trinajstić information content (AvgIpc) is 3.08. The van der Waals surface area contributed by atoms with E-state index in [0.29, 0.717) is 0 Å². The Balaban J connectivity index is 1.86. The van der Waals surface area contributed by atoms with E-state index in [1.807, 2.05) is 34.2 Å². The van der Waals surface area contributed by atoms with Gasteiger partial charge in [0.25, 0.3) is 0 Å². The lowest BCUT2D eigenvalue weighted by molar-refractivity contribution is 0.779. The third kappa shape index (κ3) is 3.02. The fourth-order valence-corrected chi connectivity index (χ4v) is 3.06. The number of halogens is 2. The van der Waals surface area contributed by atoms with Gasteiger partial charge >= 0.3 is 0 Å². The summed E-state index contributed by atoms with van der Waals surface area (Å²) >= 11 is 7.30. The minimum atomic E-state index is 0.796. The van der Waals surface area contributed by atoms with Crippen LogP contribution in [0, 0.1) is 0 Å². The molecule has 0 radical (unpaired) electrons. The molecule has 20 heavy (non-hydrogen) atoms. The van der Waals surface area contributed by atoms with Crippen LogP contribution in [0.5, 0.6) is 0 Å². The van der Waals surface area contributed by atoms with E-state index < -0.39 is 0 Å². The zero-order valence-corrected chi connectivity index (χ0v) is 13.7. The Morgan fingerprint density at radius 1 is 0.800 bits per heavy atom. The zero-order valence-electron chi connectivity index (χ0n) is 10.6. The van der Waals surface area contributed by atoms with Gasteiger partial charge in [0.15, 0.2) is 0 Å². The van der Waals surface area contributed by atoms with Crippen molar-refractivity contribution in [1.29, 1.82) is 0 Å². The van der Waals surface area contributed by atoms with Crippen LogP contribution in [0.1, 0.15) is 11.1 Å². The van der Waals surface area contributed by atoms with E-state index in [9.17, 15) is 0 Å². The van der Waals surface area contributed by atoms with Crippen molar-refractivity contribution in [3.05, 3.63) is 69.6 Å². The Morgan fingerprint density at radius 3 is 1.60 bits per heavy atom. The molecule has 0 saturated heterocycles. The summed E-state index contributed by atoms with van der Waals surface area (Å²) in [5.74, 6) is 0. The topological polar surface area (TPSA) is 35.6 Å². The normalized spacial score (nSPS) is 10.9. The smallest absolute Gasteiger partial charge is 0.0949 e. The fourth-order valence-electron chi connectivity index (χ4n) is 2.03. The Morgan fingerprint density at radius 2 is 1.25 bits per heavy atom. The van der Waals surface area contributed by atoms with Crippen LogP contribution in [0.3, 0.4) is 0 Å². The summed E-state index contributed by atoms with van der Waals surface area (Å²) < 4.78 is 6.29. The molecule has 0 aliphatic heterocycles. The average molecular weight is 396 g/mol. The molecule has 2 aromatic heterocycles. The minimum Gasteiger partial charge on any atom is -0.333 e. The lowest BCUT2D eigenvalue weighted by atomic mass is 10.1. The fraction of sp³-hybridized carbons (Fsp3) is 0.143. The maximum absolute atomic E-state index is 4.06. The Labute approximate surface area is 133 Å². The molecule has 0 saturated carbocycles. The highest BCUT2D eigenvalue weighted by atomic mass is 79.9. The second-order valence-corrected chi connectivity index (χ2v) is 6.21. The molecule has 0 bridgehead atoms. The van der Waals surface area contributed by atoms with Crippen LogP contribution in [0.25, 0.3) is 0 Å². The first-order chi connectivity index (χ1) is 9.72. The summed E-state index contributed by atoms with van der Waals surface area (Å²) in [6.45, 7) is 1.59. The zero-order chi connectivity index (χ0) is 13.9. The molecule has 3 rings (SSSR count). The summed E-state index contributed by atoms with van der Waals surface area (Å²) in [5, 5.41) is 0. The first kappa shape index (κ1) is 13.6. The Bertz CT molecular complexity index is 628. The van der Waals surface area contributed by atoms with Crippen molar-refractivity contribution in [2.75, 3.05) is 0 Å². The van der Waals surface area contributed by atoms with Gasteiger partial charge in [0.05, 0.1) is 12.7 Å². The minimum absolute atomic E-state index is 0.796. The maximum atomic E-state index is 4.06. The van der Waals surface area contributed by atoms with Crippen LogP contribution in [0.4, 0.5) is 0 Å². The SMILES string of the molecule is Brc1cc(Cn2ccnc2)c(Br)cc1Cn1ccnc1. The van der Waals surface area contributed by atoms with Crippen molar-refractivity contribution in [2.45, 2.75) is 13.1 Å². The molecule has 0 spiro atoms. The standard InChI is InChI=1S/C14H12Br2N4/c15-13-6-12(8-20-4-2-18-10-20)14(16)5-11(13)7-19-3-1-17-9-19/h1-6,9-10H,7-8H2. The molecule has 0 aliphatic rings. The lowest BCUT2D eigenvalue weighted by Crippen LogP contribution is -2.02. The number of rotatable bonds is 4. The van der Waals surface area contributed by atoms with Crippen molar-refractivity contribution in [3.8, 4) is 0 Å². The first-order valence-corrected chi connectivity index (χ1v) is 7.69. The van der Waals surface area contributed by atoms with Gasteiger partial charge in [0, 0.05) is 46.8 Å². The molecule has 0 atom stereocenters. The second kappa shape index (κ2) is 5.93. The van der Waals surface area contributed by atoms with Crippen LogP contribution < -0.4 is 0 Å². The van der Waals surface area contributed by atoms with Gasteiger partial charge in [-0.1, -0.05) is 31.9 Å². The van der Waals surface area contributed by atoms with Crippen molar-refractivity contribution in [3.63, 3.8) is 0 Å². The maximum Gasteiger partial charge on any atom is 0.0949 e. The van der Waals surface area contributed by atoms with Gasteiger partial charge in [-0.2, -0.15) is 0 Å². The van der Waals surface area contributed by atoms with Crippen molar-refractivity contribution in [2.24, 2.45) is 0 Å². The monoisotopic (exact) mass is 394 g/mol. The van der Waals surface area contributed by atoms with Gasteiger partial charge in [-0.05, 0) is 23.3 Å². The van der Waals surface area contributed by atoms with Gasteiger partial charge in [-0.3, -0.25) is 0 Å². The van der Waals surface area contributed by atoms with E-state index in [2.05, 4.69) is 54.0 Å². The molecule has 102 valence electrons. The predicted molar refractivity (Wildman–Crippen MR) is 84.5 cm³/mol. The van der Waals surface area contributed by atoms with Crippen molar-refractivity contribution < 1.29 is 0 Å². The molecule has 0 fully saturated rings. The first-order valence-electron chi connectivity index (χ1n) is 6.10. The number of benzene rings is 1. The van der Waals surface area contributed by atoms with Crippen LogP contribution >= 0.6 is 31.9 Å². The van der Waals surface area contributed by atoms with E-state index >= 15 is 0 Å². The van der Waals surface area contributed by atoms with Gasteiger partial charge in [0.1, 0.15) is 0 Å². The van der Waals surface area contributed by atoms with E-state index in [0.717, 1.165) is 22.0 Å². The van der Waals surface area contributed by atoms with Crippen molar-refractivity contribution in [1.82, 2.24) is 19.1 Å². The Hall–Kier alpha value is -1.40. The number of nitrogens with zero attached hydrogens (tertiary/aromatic N) is 4. The van der Waals surface area contributed by atoms with Crippen LogP contribution in [-0.2, 0) is 13.1 Å². The van der Waals surface area contributed by atoms with E-state index in [1.54, 1.807) is 12.4 Å². The third-order valence-electron chi connectivity index (χ3n) is 3.04. The number of hydrogen-bond acceptors (Lipinski definition) is 2. The quantitative estimate of drug-likeness (QED) is 0.675. The molecule has 0 amide bonds. The largest absolute Gasteiger partial charge is 0.333 e. The van der Waals surface area contributed by atoms with Gasteiger partial charge in [-0.25, -0.2) is 9.97 Å². The van der Waals surface area contributed by atoms with Crippen LogP contribution in [0.2, 0.25) is 0 Å². The molecule has 4 nitrogen and oxygen atoms in total. The van der Waals surface area contributed by atoms with Crippen LogP contribution in [0.15, 0.2) is 58.5 Å². The summed E-state index contributed by atoms with van der Waals surface area (Å²) in [4.78, 5) is 8.13. The number of imidazole rings is 2. The number of hydrogen-bond donors (Lipinski definition) is 0. The van der Waals surface area contributed by atoms with Gasteiger partial charge in [0.2, 0.25) is 0 Å². The van der Waals surface area contributed by atoms with E-state index in [-0.39, 0.29) is 0 Å². The molecular formula is C14H12Br2N4. The van der Waals surface area contributed by atoms with Crippen LogP contribution in [-0.4, -0.2) is 19.1 Å². The molecular weight excluding hydrogens is 384 g/mol.